The molecule has 9 nitrogen and oxygen atoms in total. The number of pyridine rings is 1. The van der Waals surface area contributed by atoms with Crippen molar-refractivity contribution in [2.45, 2.75) is 22.6 Å². The van der Waals surface area contributed by atoms with Crippen molar-refractivity contribution in [2.24, 2.45) is 0 Å². The van der Waals surface area contributed by atoms with Gasteiger partial charge in [0.1, 0.15) is 46.6 Å². The number of aliphatic hydroxyl groups excluding tert-OH is 1. The van der Waals surface area contributed by atoms with E-state index in [4.69, 9.17) is 43.0 Å². The molecule has 0 spiro atoms. The zero-order valence-corrected chi connectivity index (χ0v) is 19.4. The summed E-state index contributed by atoms with van der Waals surface area (Å²) >= 11 is 6.25. The van der Waals surface area contributed by atoms with Crippen LogP contribution in [0.2, 0.25) is 5.02 Å². The van der Waals surface area contributed by atoms with E-state index in [2.05, 4.69) is 20.6 Å². The zero-order chi connectivity index (χ0) is 26.9. The summed E-state index contributed by atoms with van der Waals surface area (Å²) in [6.45, 7) is -0.427. The third-order valence-electron chi connectivity index (χ3n) is 5.39. The highest BCUT2D eigenvalue weighted by molar-refractivity contribution is 6.46. The van der Waals surface area contributed by atoms with Crippen molar-refractivity contribution in [1.82, 2.24) is 15.3 Å². The zero-order valence-electron chi connectivity index (χ0n) is 18.6. The molecule has 1 amide bonds. The normalized spacial score (nSPS) is 14.6. The van der Waals surface area contributed by atoms with Crippen molar-refractivity contribution < 1.29 is 29.6 Å². The van der Waals surface area contributed by atoms with Crippen molar-refractivity contribution in [1.29, 1.82) is 0 Å². The molecule has 2 atom stereocenters. The average Bonchev–Trinajstić information content (AvgIpc) is 3.28. The van der Waals surface area contributed by atoms with Crippen molar-refractivity contribution in [3.63, 3.8) is 0 Å². The lowest BCUT2D eigenvalue weighted by atomic mass is 9.42. The topological polar surface area (TPSA) is 151 Å². The van der Waals surface area contributed by atoms with Gasteiger partial charge in [-0.3, -0.25) is 4.79 Å². The molecule has 0 aliphatic carbocycles. The molecule has 3 rings (SSSR count). The molecule has 0 aliphatic heterocycles. The quantitative estimate of drug-likeness (QED) is 0.152. The number of rotatable bonds is 9. The van der Waals surface area contributed by atoms with Crippen molar-refractivity contribution in [2.75, 3.05) is 11.9 Å². The highest BCUT2D eigenvalue weighted by Gasteiger charge is 2.50. The van der Waals surface area contributed by atoms with E-state index in [1.54, 1.807) is 0 Å². The highest BCUT2D eigenvalue weighted by atomic mass is 35.5. The summed E-state index contributed by atoms with van der Waals surface area (Å²) in [5.41, 5.74) is -4.77. The number of carbonyl (C=O) groups excluding carboxylic acids is 1. The minimum absolute atomic E-state index is 0.103. The summed E-state index contributed by atoms with van der Waals surface area (Å²) in [5.74, 6) is -1.18. The molecule has 2 heterocycles. The number of carbonyl (C=O) groups is 1. The van der Waals surface area contributed by atoms with Crippen LogP contribution in [0.3, 0.4) is 0 Å². The van der Waals surface area contributed by atoms with Gasteiger partial charge in [-0.2, -0.15) is 0 Å². The Morgan fingerprint density at radius 3 is 2.33 bits per heavy atom. The summed E-state index contributed by atoms with van der Waals surface area (Å²) in [6.07, 6.45) is 2.64. The second-order valence-electron chi connectivity index (χ2n) is 8.10. The molecule has 8 radical (unpaired) electrons. The lowest BCUT2D eigenvalue weighted by molar-refractivity contribution is -0.130. The Morgan fingerprint density at radius 1 is 1.14 bits per heavy atom. The number of amides is 1. The Hall–Kier alpha value is -2.76. The molecule has 0 aliphatic rings. The molecule has 2 aromatic heterocycles. The van der Waals surface area contributed by atoms with Gasteiger partial charge in [0, 0.05) is 28.9 Å². The number of anilines is 1. The largest absolute Gasteiger partial charge is 0.407 e. The van der Waals surface area contributed by atoms with Gasteiger partial charge in [0.05, 0.1) is 23.1 Å². The van der Waals surface area contributed by atoms with Gasteiger partial charge < -0.3 is 36.0 Å². The first kappa shape index (κ1) is 27.8. The van der Waals surface area contributed by atoms with Crippen LogP contribution in [0.5, 0.6) is 0 Å². The fourth-order valence-electron chi connectivity index (χ4n) is 3.26. The molecule has 3 aromatic rings. The minimum atomic E-state index is -3.29. The number of hydrogen-bond acceptors (Lipinski definition) is 7. The third kappa shape index (κ3) is 5.79. The van der Waals surface area contributed by atoms with E-state index in [0.29, 0.717) is 16.7 Å². The van der Waals surface area contributed by atoms with Crippen molar-refractivity contribution >= 4 is 54.7 Å². The van der Waals surface area contributed by atoms with Crippen LogP contribution in [-0.4, -0.2) is 90.8 Å². The summed E-state index contributed by atoms with van der Waals surface area (Å²) < 4.78 is 13.2. The van der Waals surface area contributed by atoms with Crippen LogP contribution < -0.4 is 10.6 Å². The molecular formula is C21H18B4ClFN4O5. The van der Waals surface area contributed by atoms with Gasteiger partial charge in [0.2, 0.25) is 0 Å². The fourth-order valence-corrected chi connectivity index (χ4v) is 3.48. The van der Waals surface area contributed by atoms with Gasteiger partial charge in [-0.05, 0) is 29.8 Å². The van der Waals surface area contributed by atoms with Crippen molar-refractivity contribution in [3.05, 3.63) is 70.9 Å². The van der Waals surface area contributed by atoms with E-state index in [9.17, 15) is 29.6 Å². The van der Waals surface area contributed by atoms with Gasteiger partial charge >= 0.3 is 0 Å². The molecule has 0 saturated carbocycles. The number of nitrogens with zero attached hydrogens (tertiary/aromatic N) is 1. The van der Waals surface area contributed by atoms with Crippen LogP contribution in [0.15, 0.2) is 48.8 Å². The van der Waals surface area contributed by atoms with E-state index >= 15 is 0 Å². The molecule has 0 fully saturated rings. The van der Waals surface area contributed by atoms with E-state index in [-0.39, 0.29) is 16.5 Å². The van der Waals surface area contributed by atoms with Crippen LogP contribution >= 0.6 is 11.6 Å². The predicted octanol–water partition coefficient (Wildman–Crippen LogP) is -0.601. The van der Waals surface area contributed by atoms with Gasteiger partial charge in [-0.25, -0.2) is 9.37 Å². The number of hydrogen-bond donors (Lipinski definition) is 7. The molecule has 7 N–H and O–H groups in total. The molecule has 15 heteroatoms. The fraction of sp³-hybridized carbons (Fsp3) is 0.238. The van der Waals surface area contributed by atoms with Gasteiger partial charge in [0.25, 0.3) is 5.91 Å². The van der Waals surface area contributed by atoms with Crippen LogP contribution in [-0.2, 0) is 0 Å². The van der Waals surface area contributed by atoms with Crippen LogP contribution in [0.4, 0.5) is 10.2 Å². The summed E-state index contributed by atoms with van der Waals surface area (Å²) in [5, 5.41) is 41.4. The summed E-state index contributed by atoms with van der Waals surface area (Å²) in [7, 11) is 21.7. The number of benzene rings is 1. The Labute approximate surface area is 216 Å². The summed E-state index contributed by atoms with van der Waals surface area (Å²) in [6, 6.07) is 7.27. The lowest BCUT2D eigenvalue weighted by Crippen LogP contribution is -2.73. The van der Waals surface area contributed by atoms with E-state index in [0.717, 1.165) is 0 Å². The Bertz CT molecular complexity index is 1220. The van der Waals surface area contributed by atoms with Crippen LogP contribution in [0.1, 0.15) is 22.1 Å². The first-order valence-corrected chi connectivity index (χ1v) is 10.7. The smallest absolute Gasteiger partial charge is 0.268 e. The van der Waals surface area contributed by atoms with Crippen LogP contribution in [0.25, 0.3) is 11.1 Å². The monoisotopic (exact) mass is 504 g/mol. The Morgan fingerprint density at radius 2 is 1.78 bits per heavy atom. The van der Waals surface area contributed by atoms with E-state index in [1.165, 1.54) is 48.8 Å². The molecule has 178 valence electrons. The highest BCUT2D eigenvalue weighted by Crippen LogP contribution is 2.33. The number of aromatic amines is 1. The number of nitrogens with one attached hydrogen (secondary N) is 3. The maximum atomic E-state index is 13.2. The predicted molar refractivity (Wildman–Crippen MR) is 134 cm³/mol. The Kier molecular flexibility index (Phi) is 7.97. The molecule has 1 aromatic carbocycles. The van der Waals surface area contributed by atoms with Crippen molar-refractivity contribution in [3.8, 4) is 11.1 Å². The first-order chi connectivity index (χ1) is 16.7. The lowest BCUT2D eigenvalue weighted by Gasteiger charge is -2.50. The SMILES string of the molecule is [B]C([B])(O)C([B])(Nc1cc(-c2c[nH]c(C(=O)N[C@H](CO)c3ccc(F)cc3)c2)c(Cl)cn1)C([B])(O)O. The molecular weight excluding hydrogens is 486 g/mol. The Balaban J connectivity index is 1.85. The molecule has 1 unspecified atom stereocenters. The molecule has 0 saturated heterocycles. The van der Waals surface area contributed by atoms with Gasteiger partial charge in [-0.1, -0.05) is 23.7 Å². The van der Waals surface area contributed by atoms with Crippen LogP contribution in [0, 0.1) is 5.82 Å². The standard InChI is InChI=1S/C21H18B4ClFN4O5/c22-19(20(23,24)34,21(25,35)36)31-17-6-13(14(26)8-29-17)11-5-15(28-7-11)18(33)30-16(9-32)10-1-3-12(27)4-2-10/h1-8,16,28,32,34-36H,9H2,(H,29,31)(H,30,33)/t16-,19?/m1/s1. The number of H-pyrrole nitrogens is 1. The average molecular weight is 504 g/mol. The second-order valence-corrected chi connectivity index (χ2v) is 8.50. The van der Waals surface area contributed by atoms with Gasteiger partial charge in [-0.15, -0.1) is 0 Å². The summed E-state index contributed by atoms with van der Waals surface area (Å²) in [4.78, 5) is 19.5. The minimum Gasteiger partial charge on any atom is -0.407 e. The third-order valence-corrected chi connectivity index (χ3v) is 5.69. The molecule has 36 heavy (non-hydrogen) atoms. The first-order valence-electron chi connectivity index (χ1n) is 10.3. The maximum Gasteiger partial charge on any atom is 0.268 e. The number of halogens is 2. The van der Waals surface area contributed by atoms with E-state index in [1.807, 2.05) is 0 Å². The molecule has 0 bridgehead atoms. The maximum absolute atomic E-state index is 13.2. The van der Waals surface area contributed by atoms with E-state index < -0.39 is 40.9 Å². The van der Waals surface area contributed by atoms with Gasteiger partial charge in [0.15, 0.2) is 7.85 Å². The second kappa shape index (κ2) is 10.3. The number of aromatic nitrogens is 2. The number of aliphatic hydroxyl groups is 4.